The molecule has 0 bridgehead atoms. The van der Waals surface area contributed by atoms with E-state index in [0.29, 0.717) is 18.9 Å². The van der Waals surface area contributed by atoms with E-state index in [4.69, 9.17) is 4.74 Å². The highest BCUT2D eigenvalue weighted by atomic mass is 16.5. The minimum absolute atomic E-state index is 0.0372. The minimum atomic E-state index is 0.0372. The first-order valence-electron chi connectivity index (χ1n) is 6.98. The predicted molar refractivity (Wildman–Crippen MR) is 82.4 cm³/mol. The van der Waals surface area contributed by atoms with Crippen molar-refractivity contribution in [2.75, 3.05) is 6.61 Å². The van der Waals surface area contributed by atoms with Crippen molar-refractivity contribution in [1.29, 1.82) is 0 Å². The summed E-state index contributed by atoms with van der Waals surface area (Å²) in [5, 5.41) is 0. The molecule has 2 aromatic heterocycles. The number of ketones is 1. The van der Waals surface area contributed by atoms with Gasteiger partial charge in [-0.25, -0.2) is 9.97 Å². The van der Waals surface area contributed by atoms with Gasteiger partial charge in [0.2, 0.25) is 5.88 Å². The molecule has 1 N–H and O–H groups in total. The lowest BCUT2D eigenvalue weighted by Gasteiger charge is -2.17. The van der Waals surface area contributed by atoms with E-state index < -0.39 is 0 Å². The fourth-order valence-corrected chi connectivity index (χ4v) is 1.79. The van der Waals surface area contributed by atoms with Crippen LogP contribution in [-0.4, -0.2) is 27.3 Å². The second kappa shape index (κ2) is 6.08. The van der Waals surface area contributed by atoms with Crippen LogP contribution in [0, 0.1) is 5.41 Å². The molecule has 0 fully saturated rings. The molecular weight excluding hydrogens is 266 g/mol. The van der Waals surface area contributed by atoms with E-state index >= 15 is 0 Å². The lowest BCUT2D eigenvalue weighted by Crippen LogP contribution is -2.17. The van der Waals surface area contributed by atoms with Crippen LogP contribution in [0.3, 0.4) is 0 Å². The average Bonchev–Trinajstić information content (AvgIpc) is 2.78. The number of nitrogens with zero attached hydrogens (tertiary/aromatic N) is 2. The van der Waals surface area contributed by atoms with Gasteiger partial charge in [-0.15, -0.1) is 0 Å². The van der Waals surface area contributed by atoms with Gasteiger partial charge in [-0.05, 0) is 24.8 Å². The Morgan fingerprint density at radius 2 is 2.19 bits per heavy atom. The van der Waals surface area contributed by atoms with Crippen molar-refractivity contribution in [1.82, 2.24) is 15.0 Å². The topological polar surface area (TPSA) is 67.9 Å². The summed E-state index contributed by atoms with van der Waals surface area (Å²) < 4.78 is 5.69. The summed E-state index contributed by atoms with van der Waals surface area (Å²) >= 11 is 0. The lowest BCUT2D eigenvalue weighted by molar-refractivity contribution is -0.112. The largest absolute Gasteiger partial charge is 0.476 e. The van der Waals surface area contributed by atoms with Gasteiger partial charge >= 0.3 is 0 Å². The molecule has 0 radical (unpaired) electrons. The fraction of sp³-hybridized carbons (Fsp3) is 0.438. The molecule has 2 aromatic rings. The van der Waals surface area contributed by atoms with Crippen molar-refractivity contribution in [2.24, 2.45) is 5.41 Å². The van der Waals surface area contributed by atoms with E-state index in [2.05, 4.69) is 35.7 Å². The monoisotopic (exact) mass is 287 g/mol. The molecule has 112 valence electrons. The van der Waals surface area contributed by atoms with Gasteiger partial charge in [0, 0.05) is 11.8 Å². The first-order valence-corrected chi connectivity index (χ1v) is 6.98. The van der Waals surface area contributed by atoms with Crippen LogP contribution >= 0.6 is 0 Å². The molecule has 5 heteroatoms. The van der Waals surface area contributed by atoms with E-state index in [9.17, 15) is 4.79 Å². The number of hydrogen-bond donors (Lipinski definition) is 1. The van der Waals surface area contributed by atoms with E-state index in [1.165, 1.54) is 6.92 Å². The lowest BCUT2D eigenvalue weighted by atomic mass is 9.99. The van der Waals surface area contributed by atoms with Crippen LogP contribution < -0.4 is 4.74 Å². The number of carbonyl (C=O) groups excluding carboxylic acids is 1. The van der Waals surface area contributed by atoms with Crippen LogP contribution in [0.1, 0.15) is 33.3 Å². The third-order valence-electron chi connectivity index (χ3n) is 2.78. The van der Waals surface area contributed by atoms with Gasteiger partial charge in [0.25, 0.3) is 0 Å². The summed E-state index contributed by atoms with van der Waals surface area (Å²) in [5.41, 5.74) is 2.58. The number of ether oxygens (including phenoxy) is 1. The second-order valence-corrected chi connectivity index (χ2v) is 6.29. The zero-order valence-corrected chi connectivity index (χ0v) is 12.9. The molecule has 2 heterocycles. The summed E-state index contributed by atoms with van der Waals surface area (Å²) in [4.78, 5) is 22.8. The quantitative estimate of drug-likeness (QED) is 0.858. The molecule has 0 aliphatic rings. The van der Waals surface area contributed by atoms with Crippen molar-refractivity contribution < 1.29 is 9.53 Å². The fourth-order valence-electron chi connectivity index (χ4n) is 1.79. The highest BCUT2D eigenvalue weighted by Crippen LogP contribution is 2.20. The number of allylic oxidation sites excluding steroid dienone is 2. The molecule has 0 aliphatic heterocycles. The molecule has 0 unspecified atom stereocenters. The van der Waals surface area contributed by atoms with Gasteiger partial charge in [0.1, 0.15) is 5.52 Å². The Morgan fingerprint density at radius 3 is 2.86 bits per heavy atom. The zero-order chi connectivity index (χ0) is 15.5. The Balaban J connectivity index is 2.18. The number of nitrogens with one attached hydrogen (secondary N) is 1. The van der Waals surface area contributed by atoms with Crippen LogP contribution in [0.5, 0.6) is 5.88 Å². The van der Waals surface area contributed by atoms with Crippen LogP contribution in [0.25, 0.3) is 11.2 Å². The Kier molecular flexibility index (Phi) is 4.40. The molecule has 0 aromatic carbocycles. The van der Waals surface area contributed by atoms with E-state index in [0.717, 1.165) is 16.7 Å². The number of fused-ring (bicyclic) bond motifs is 1. The standard InChI is InChI=1S/C16H21N3O2/c1-11(20)6-5-7-12-8-17-15-14(12)19-13(9-18-15)21-10-16(2,3)4/h5-6,8-9H,7,10H2,1-4H3,(H,17,18)/b6-5+. The van der Waals surface area contributed by atoms with Crippen LogP contribution in [0.2, 0.25) is 0 Å². The molecule has 0 saturated carbocycles. The van der Waals surface area contributed by atoms with Gasteiger partial charge in [-0.1, -0.05) is 26.8 Å². The highest BCUT2D eigenvalue weighted by molar-refractivity contribution is 5.87. The number of rotatable bonds is 5. The summed E-state index contributed by atoms with van der Waals surface area (Å²) in [6.07, 6.45) is 7.51. The highest BCUT2D eigenvalue weighted by Gasteiger charge is 2.13. The molecule has 5 nitrogen and oxygen atoms in total. The Bertz CT molecular complexity index is 666. The predicted octanol–water partition coefficient (Wildman–Crippen LogP) is 3.07. The van der Waals surface area contributed by atoms with E-state index in [1.807, 2.05) is 12.3 Å². The molecule has 0 atom stereocenters. The summed E-state index contributed by atoms with van der Waals surface area (Å²) in [5.74, 6) is 0.559. The molecule has 0 aliphatic carbocycles. The Morgan fingerprint density at radius 1 is 1.43 bits per heavy atom. The first kappa shape index (κ1) is 15.2. The van der Waals surface area contributed by atoms with Gasteiger partial charge in [0.15, 0.2) is 11.4 Å². The number of aromatic nitrogens is 3. The smallest absolute Gasteiger partial charge is 0.233 e. The van der Waals surface area contributed by atoms with Crippen molar-refractivity contribution >= 4 is 16.9 Å². The maximum absolute atomic E-state index is 10.9. The van der Waals surface area contributed by atoms with Gasteiger partial charge < -0.3 is 9.72 Å². The molecular formula is C16H21N3O2. The van der Waals surface area contributed by atoms with Crippen molar-refractivity contribution in [3.63, 3.8) is 0 Å². The SMILES string of the molecule is CC(=O)/C=C/Cc1c[nH]c2ncc(OCC(C)(C)C)nc12. The van der Waals surface area contributed by atoms with Crippen molar-refractivity contribution in [2.45, 2.75) is 34.1 Å². The van der Waals surface area contributed by atoms with Gasteiger partial charge in [-0.2, -0.15) is 0 Å². The first-order chi connectivity index (χ1) is 9.85. The third-order valence-corrected chi connectivity index (χ3v) is 2.78. The summed E-state index contributed by atoms with van der Waals surface area (Å²) in [6, 6.07) is 0. The molecule has 0 amide bonds. The second-order valence-electron chi connectivity index (χ2n) is 6.29. The summed E-state index contributed by atoms with van der Waals surface area (Å²) in [6.45, 7) is 8.43. The molecule has 2 rings (SSSR count). The van der Waals surface area contributed by atoms with Gasteiger partial charge in [-0.3, -0.25) is 4.79 Å². The number of H-pyrrole nitrogens is 1. The maximum Gasteiger partial charge on any atom is 0.233 e. The van der Waals surface area contributed by atoms with E-state index in [1.54, 1.807) is 12.3 Å². The van der Waals surface area contributed by atoms with E-state index in [-0.39, 0.29) is 11.2 Å². The minimum Gasteiger partial charge on any atom is -0.476 e. The number of aromatic amines is 1. The Hall–Kier alpha value is -2.17. The molecule has 0 spiro atoms. The summed E-state index contributed by atoms with van der Waals surface area (Å²) in [7, 11) is 0. The van der Waals surface area contributed by atoms with Crippen LogP contribution in [0.15, 0.2) is 24.5 Å². The van der Waals surface area contributed by atoms with Crippen molar-refractivity contribution in [3.05, 3.63) is 30.1 Å². The number of carbonyl (C=O) groups is 1. The Labute approximate surface area is 124 Å². The van der Waals surface area contributed by atoms with Gasteiger partial charge in [0.05, 0.1) is 12.8 Å². The van der Waals surface area contributed by atoms with Crippen LogP contribution in [0.4, 0.5) is 0 Å². The maximum atomic E-state index is 10.9. The zero-order valence-electron chi connectivity index (χ0n) is 12.9. The average molecular weight is 287 g/mol. The number of hydrogen-bond acceptors (Lipinski definition) is 4. The third kappa shape index (κ3) is 4.41. The molecule has 0 saturated heterocycles. The van der Waals surface area contributed by atoms with Crippen LogP contribution in [-0.2, 0) is 11.2 Å². The molecule has 21 heavy (non-hydrogen) atoms. The normalized spacial score (nSPS) is 12.2. The van der Waals surface area contributed by atoms with Crippen molar-refractivity contribution in [3.8, 4) is 5.88 Å².